The average molecular weight is 375 g/mol. The van der Waals surface area contributed by atoms with E-state index in [-0.39, 0.29) is 12.5 Å². The molecule has 0 unspecified atom stereocenters. The van der Waals surface area contributed by atoms with Crippen LogP contribution in [0.25, 0.3) is 0 Å². The highest BCUT2D eigenvalue weighted by Crippen LogP contribution is 2.53. The number of amides is 3. The fraction of sp³-hybridized carbons (Fsp3) is 0.526. The second kappa shape index (κ2) is 6.10. The number of nitrogens with one attached hydrogen (secondary N) is 2. The first-order valence-corrected chi connectivity index (χ1v) is 9.25. The third-order valence-corrected chi connectivity index (χ3v) is 5.96. The summed E-state index contributed by atoms with van der Waals surface area (Å²) in [4.78, 5) is 40.4. The summed E-state index contributed by atoms with van der Waals surface area (Å²) in [6, 6.07) is 3.11. The van der Waals surface area contributed by atoms with Crippen LogP contribution in [0.1, 0.15) is 32.3 Å². The number of hydrogen-bond donors (Lipinski definition) is 3. The standard InChI is InChI=1S/C19H22FN3O4/c1-3-4-7-23-16(25)13-14(17(23)26)19(22-15(13)9(2)24)11-8-10(20)5-6-12(11)21-18(19)27/h5-6,8-9,13-15,22,24H,3-4,7H2,1-2H3,(H,21,27)/t9-,13+,14+,15+,19-/m1/s1. The number of anilines is 1. The summed E-state index contributed by atoms with van der Waals surface area (Å²) in [6.45, 7) is 3.75. The van der Waals surface area contributed by atoms with Gasteiger partial charge in [-0.25, -0.2) is 4.39 Å². The van der Waals surface area contributed by atoms with Gasteiger partial charge in [0.25, 0.3) is 0 Å². The van der Waals surface area contributed by atoms with Crippen LogP contribution in [0.4, 0.5) is 10.1 Å². The Labute approximate surface area is 155 Å². The van der Waals surface area contributed by atoms with E-state index in [2.05, 4.69) is 10.6 Å². The number of aliphatic hydroxyl groups excluding tert-OH is 1. The van der Waals surface area contributed by atoms with Crippen molar-refractivity contribution in [2.45, 2.75) is 44.4 Å². The van der Waals surface area contributed by atoms with Gasteiger partial charge in [0.1, 0.15) is 11.4 Å². The van der Waals surface area contributed by atoms with Crippen molar-refractivity contribution in [3.8, 4) is 0 Å². The molecule has 4 rings (SSSR count). The summed E-state index contributed by atoms with van der Waals surface area (Å²) >= 11 is 0. The number of carbonyl (C=O) groups excluding carboxylic acids is 3. The molecule has 1 spiro atoms. The largest absolute Gasteiger partial charge is 0.392 e. The Hall–Kier alpha value is -2.32. The fourth-order valence-corrected chi connectivity index (χ4v) is 4.71. The van der Waals surface area contributed by atoms with Crippen LogP contribution in [0, 0.1) is 17.7 Å². The lowest BCUT2D eigenvalue weighted by Crippen LogP contribution is -2.54. The molecule has 1 aromatic rings. The lowest BCUT2D eigenvalue weighted by atomic mass is 9.76. The number of nitrogens with zero attached hydrogens (tertiary/aromatic N) is 1. The van der Waals surface area contributed by atoms with E-state index in [0.717, 1.165) is 6.42 Å². The highest BCUT2D eigenvalue weighted by atomic mass is 19.1. The summed E-state index contributed by atoms with van der Waals surface area (Å²) in [5, 5.41) is 16.0. The Morgan fingerprint density at radius 1 is 1.30 bits per heavy atom. The number of fused-ring (bicyclic) bond motifs is 4. The number of likely N-dealkylation sites (tertiary alicyclic amines) is 1. The number of carbonyl (C=O) groups is 3. The smallest absolute Gasteiger partial charge is 0.250 e. The van der Waals surface area contributed by atoms with Crippen LogP contribution in [0.5, 0.6) is 0 Å². The van der Waals surface area contributed by atoms with Gasteiger partial charge in [0.2, 0.25) is 17.7 Å². The van der Waals surface area contributed by atoms with Gasteiger partial charge in [0, 0.05) is 23.8 Å². The van der Waals surface area contributed by atoms with Gasteiger partial charge in [0.15, 0.2) is 0 Å². The van der Waals surface area contributed by atoms with Crippen LogP contribution in [-0.4, -0.2) is 46.4 Å². The summed E-state index contributed by atoms with van der Waals surface area (Å²) in [7, 11) is 0. The zero-order valence-corrected chi connectivity index (χ0v) is 15.2. The molecular formula is C19H22FN3O4. The minimum Gasteiger partial charge on any atom is -0.392 e. The number of imide groups is 1. The number of halogens is 1. The molecule has 0 bridgehead atoms. The van der Waals surface area contributed by atoms with Crippen molar-refractivity contribution in [1.82, 2.24) is 10.2 Å². The maximum absolute atomic E-state index is 14.0. The molecule has 0 aromatic heterocycles. The maximum atomic E-state index is 14.0. The van der Waals surface area contributed by atoms with Crippen molar-refractivity contribution in [2.75, 3.05) is 11.9 Å². The molecule has 0 saturated carbocycles. The molecule has 0 radical (unpaired) electrons. The molecule has 2 saturated heterocycles. The number of rotatable bonds is 4. The minimum absolute atomic E-state index is 0.279. The second-order valence-corrected chi connectivity index (χ2v) is 7.55. The summed E-state index contributed by atoms with van der Waals surface area (Å²) in [6.07, 6.45) is 0.503. The molecule has 3 heterocycles. The van der Waals surface area contributed by atoms with E-state index < -0.39 is 47.2 Å². The Balaban J connectivity index is 1.86. The third-order valence-electron chi connectivity index (χ3n) is 5.96. The Morgan fingerprint density at radius 3 is 2.70 bits per heavy atom. The average Bonchev–Trinajstić information content (AvgIpc) is 3.20. The van der Waals surface area contributed by atoms with Crippen molar-refractivity contribution in [2.24, 2.45) is 11.8 Å². The first-order chi connectivity index (χ1) is 12.8. The van der Waals surface area contributed by atoms with Gasteiger partial charge in [-0.3, -0.25) is 24.6 Å². The number of benzene rings is 1. The Bertz CT molecular complexity index is 842. The van der Waals surface area contributed by atoms with Gasteiger partial charge in [-0.15, -0.1) is 0 Å². The molecule has 0 aliphatic carbocycles. The molecule has 1 aromatic carbocycles. The van der Waals surface area contributed by atoms with Gasteiger partial charge < -0.3 is 10.4 Å². The van der Waals surface area contributed by atoms with E-state index >= 15 is 0 Å². The normalized spacial score (nSPS) is 32.8. The minimum atomic E-state index is -1.56. The highest BCUT2D eigenvalue weighted by molar-refractivity contribution is 6.15. The molecule has 2 fully saturated rings. The van der Waals surface area contributed by atoms with Crippen molar-refractivity contribution in [3.63, 3.8) is 0 Å². The van der Waals surface area contributed by atoms with Crippen LogP contribution < -0.4 is 10.6 Å². The second-order valence-electron chi connectivity index (χ2n) is 7.55. The van der Waals surface area contributed by atoms with E-state index in [1.807, 2.05) is 6.92 Å². The number of unbranched alkanes of at least 4 members (excludes halogenated alkanes) is 1. The lowest BCUT2D eigenvalue weighted by molar-refractivity contribution is -0.143. The van der Waals surface area contributed by atoms with Crippen LogP contribution in [-0.2, 0) is 19.9 Å². The predicted molar refractivity (Wildman–Crippen MR) is 93.9 cm³/mol. The van der Waals surface area contributed by atoms with Crippen LogP contribution in [0.3, 0.4) is 0 Å². The SMILES string of the molecule is CCCCN1C(=O)[C@@H]2[C@H]([C@@H](C)O)N[C@@]3(C(=O)Nc4ccc(F)cc43)[C@@H]2C1=O. The van der Waals surface area contributed by atoms with Crippen LogP contribution in [0.2, 0.25) is 0 Å². The number of hydrogen-bond acceptors (Lipinski definition) is 5. The molecule has 5 atom stereocenters. The fourth-order valence-electron chi connectivity index (χ4n) is 4.71. The summed E-state index contributed by atoms with van der Waals surface area (Å²) < 4.78 is 14.0. The van der Waals surface area contributed by atoms with Crippen molar-refractivity contribution in [1.29, 1.82) is 0 Å². The van der Waals surface area contributed by atoms with Crippen molar-refractivity contribution >= 4 is 23.4 Å². The summed E-state index contributed by atoms with van der Waals surface area (Å²) in [5.74, 6) is -3.74. The molecule has 3 aliphatic rings. The Kier molecular flexibility index (Phi) is 4.08. The highest BCUT2D eigenvalue weighted by Gasteiger charge is 2.71. The number of aliphatic hydroxyl groups is 1. The van der Waals surface area contributed by atoms with Crippen LogP contribution in [0.15, 0.2) is 18.2 Å². The third kappa shape index (κ3) is 2.29. The molecule has 3 amide bonds. The van der Waals surface area contributed by atoms with Crippen molar-refractivity contribution < 1.29 is 23.9 Å². The molecular weight excluding hydrogens is 353 g/mol. The van der Waals surface area contributed by atoms with E-state index in [0.29, 0.717) is 17.7 Å². The zero-order valence-electron chi connectivity index (χ0n) is 15.2. The Morgan fingerprint density at radius 2 is 2.04 bits per heavy atom. The zero-order chi connectivity index (χ0) is 19.5. The first-order valence-electron chi connectivity index (χ1n) is 9.25. The first kappa shape index (κ1) is 18.1. The van der Waals surface area contributed by atoms with Crippen LogP contribution >= 0.6 is 0 Å². The van der Waals surface area contributed by atoms with Gasteiger partial charge in [-0.2, -0.15) is 0 Å². The van der Waals surface area contributed by atoms with Gasteiger partial charge in [-0.1, -0.05) is 13.3 Å². The topological polar surface area (TPSA) is 98.7 Å². The monoisotopic (exact) mass is 375 g/mol. The molecule has 7 nitrogen and oxygen atoms in total. The van der Waals surface area contributed by atoms with E-state index in [9.17, 15) is 23.9 Å². The molecule has 27 heavy (non-hydrogen) atoms. The van der Waals surface area contributed by atoms with E-state index in [1.54, 1.807) is 0 Å². The molecule has 144 valence electrons. The quantitative estimate of drug-likeness (QED) is 0.674. The van der Waals surface area contributed by atoms with Gasteiger partial charge in [-0.05, 0) is 31.5 Å². The lowest BCUT2D eigenvalue weighted by Gasteiger charge is -2.30. The molecule has 3 N–H and O–H groups in total. The van der Waals surface area contributed by atoms with E-state index in [4.69, 9.17) is 0 Å². The molecule has 8 heteroatoms. The summed E-state index contributed by atoms with van der Waals surface area (Å²) in [5.41, 5.74) is -0.840. The van der Waals surface area contributed by atoms with Gasteiger partial charge >= 0.3 is 0 Å². The molecule has 3 aliphatic heterocycles. The maximum Gasteiger partial charge on any atom is 0.250 e. The predicted octanol–water partition coefficient (Wildman–Crippen LogP) is 0.727. The van der Waals surface area contributed by atoms with E-state index in [1.165, 1.54) is 30.0 Å². The van der Waals surface area contributed by atoms with Crippen molar-refractivity contribution in [3.05, 3.63) is 29.6 Å². The van der Waals surface area contributed by atoms with Gasteiger partial charge in [0.05, 0.1) is 17.9 Å².